The highest BCUT2D eigenvalue weighted by Crippen LogP contribution is 2.23. The molecule has 0 radical (unpaired) electrons. The predicted octanol–water partition coefficient (Wildman–Crippen LogP) is 2.67. The van der Waals surface area contributed by atoms with Crippen molar-refractivity contribution in [3.63, 3.8) is 0 Å². The van der Waals surface area contributed by atoms with Crippen molar-refractivity contribution in [3.8, 4) is 0 Å². The number of carbonyl (C=O) groups is 2. The Hall–Kier alpha value is -3.20. The van der Waals surface area contributed by atoms with Crippen LogP contribution in [-0.2, 0) is 14.8 Å². The first kappa shape index (κ1) is 19.6. The van der Waals surface area contributed by atoms with Gasteiger partial charge in [0.2, 0.25) is 10.0 Å². The molecule has 7 nitrogen and oxygen atoms in total. The molecule has 28 heavy (non-hydrogen) atoms. The van der Waals surface area contributed by atoms with Gasteiger partial charge in [-0.1, -0.05) is 24.3 Å². The molecule has 1 heterocycles. The van der Waals surface area contributed by atoms with E-state index in [1.165, 1.54) is 36.1 Å². The number of nitrogens with zero attached hydrogens (tertiary/aromatic N) is 2. The lowest BCUT2D eigenvalue weighted by Gasteiger charge is -2.22. The summed E-state index contributed by atoms with van der Waals surface area (Å²) in [6.45, 7) is -0.568. The number of halogens is 1. The highest BCUT2D eigenvalue weighted by molar-refractivity contribution is 7.92. The van der Waals surface area contributed by atoms with Gasteiger partial charge in [-0.05, 0) is 24.3 Å². The predicted molar refractivity (Wildman–Crippen MR) is 102 cm³/mol. The Kier molecular flexibility index (Phi) is 5.19. The molecule has 3 aromatic rings. The number of para-hydroxylation sites is 1. The number of methoxy groups -OCH3 is 1. The fourth-order valence-corrected chi connectivity index (χ4v) is 3.73. The van der Waals surface area contributed by atoms with Crippen molar-refractivity contribution >= 4 is 38.5 Å². The van der Waals surface area contributed by atoms with Gasteiger partial charge in [0.05, 0.1) is 30.1 Å². The van der Waals surface area contributed by atoms with Crippen LogP contribution in [0.15, 0.2) is 54.7 Å². The Balaban J connectivity index is 2.05. The minimum atomic E-state index is -3.86. The molecule has 0 saturated carbocycles. The van der Waals surface area contributed by atoms with Gasteiger partial charge in [0.15, 0.2) is 0 Å². The number of anilines is 1. The number of fused-ring (bicyclic) bond motifs is 1. The molecule has 0 bridgehead atoms. The van der Waals surface area contributed by atoms with E-state index in [9.17, 15) is 22.4 Å². The van der Waals surface area contributed by atoms with Crippen LogP contribution >= 0.6 is 0 Å². The van der Waals surface area contributed by atoms with Crippen LogP contribution in [0.1, 0.15) is 15.2 Å². The van der Waals surface area contributed by atoms with Crippen LogP contribution in [-0.4, -0.2) is 44.8 Å². The van der Waals surface area contributed by atoms with E-state index < -0.39 is 34.3 Å². The molecule has 0 spiro atoms. The van der Waals surface area contributed by atoms with E-state index in [2.05, 4.69) is 0 Å². The van der Waals surface area contributed by atoms with Crippen molar-refractivity contribution in [2.24, 2.45) is 0 Å². The summed E-state index contributed by atoms with van der Waals surface area (Å²) in [7, 11) is -2.64. The molecule has 0 aliphatic rings. The number of carbonyl (C=O) groups excluding carboxylic acids is 2. The summed E-state index contributed by atoms with van der Waals surface area (Å²) in [5.41, 5.74) is 0.643. The first-order chi connectivity index (χ1) is 13.2. The van der Waals surface area contributed by atoms with Crippen molar-refractivity contribution in [1.82, 2.24) is 4.57 Å². The number of sulfonamides is 1. The average molecular weight is 404 g/mol. The van der Waals surface area contributed by atoms with Crippen molar-refractivity contribution < 1.29 is 27.1 Å². The molecule has 0 unspecified atom stereocenters. The number of ether oxygens (including phenoxy) is 1. The third kappa shape index (κ3) is 3.74. The van der Waals surface area contributed by atoms with Gasteiger partial charge >= 0.3 is 5.97 Å². The maximum Gasteiger partial charge on any atom is 0.340 e. The minimum Gasteiger partial charge on any atom is -0.465 e. The van der Waals surface area contributed by atoms with Crippen LogP contribution < -0.4 is 4.31 Å². The summed E-state index contributed by atoms with van der Waals surface area (Å²) in [4.78, 5) is 24.9. The van der Waals surface area contributed by atoms with E-state index in [-0.39, 0.29) is 11.3 Å². The molecule has 0 amide bonds. The molecule has 0 fully saturated rings. The first-order valence-corrected chi connectivity index (χ1v) is 10.0. The SMILES string of the molecule is COC(=O)c1cn(C(=O)CN(c2cccc(F)c2)S(C)(=O)=O)c2ccccc12. The lowest BCUT2D eigenvalue weighted by atomic mass is 10.2. The maximum atomic E-state index is 13.6. The molecule has 0 aliphatic carbocycles. The summed E-state index contributed by atoms with van der Waals surface area (Å²) in [5, 5.41) is 0.499. The van der Waals surface area contributed by atoms with Gasteiger partial charge in [0, 0.05) is 11.6 Å². The quantitative estimate of drug-likeness (QED) is 0.611. The lowest BCUT2D eigenvalue weighted by Crippen LogP contribution is -2.36. The molecule has 9 heteroatoms. The summed E-state index contributed by atoms with van der Waals surface area (Å²) < 4.78 is 44.7. The van der Waals surface area contributed by atoms with Gasteiger partial charge in [0.1, 0.15) is 12.4 Å². The summed E-state index contributed by atoms with van der Waals surface area (Å²) >= 11 is 0. The van der Waals surface area contributed by atoms with E-state index in [0.717, 1.165) is 16.6 Å². The van der Waals surface area contributed by atoms with Gasteiger partial charge in [-0.15, -0.1) is 0 Å². The van der Waals surface area contributed by atoms with Crippen LogP contribution in [0.4, 0.5) is 10.1 Å². The smallest absolute Gasteiger partial charge is 0.340 e. The minimum absolute atomic E-state index is 0.0282. The Morgan fingerprint density at radius 1 is 1.14 bits per heavy atom. The maximum absolute atomic E-state index is 13.6. The zero-order valence-electron chi connectivity index (χ0n) is 15.1. The zero-order chi connectivity index (χ0) is 20.5. The van der Waals surface area contributed by atoms with Gasteiger partial charge in [-0.25, -0.2) is 17.6 Å². The molecule has 0 saturated heterocycles. The fraction of sp³-hybridized carbons (Fsp3) is 0.158. The first-order valence-electron chi connectivity index (χ1n) is 8.17. The molecular formula is C19H17FN2O5S. The van der Waals surface area contributed by atoms with Crippen molar-refractivity contribution in [2.75, 3.05) is 24.2 Å². The Morgan fingerprint density at radius 3 is 2.50 bits per heavy atom. The number of hydrogen-bond donors (Lipinski definition) is 0. The third-order valence-corrected chi connectivity index (χ3v) is 5.30. The second-order valence-electron chi connectivity index (χ2n) is 6.06. The average Bonchev–Trinajstić information content (AvgIpc) is 3.04. The summed E-state index contributed by atoms with van der Waals surface area (Å²) in [6, 6.07) is 11.6. The Morgan fingerprint density at radius 2 is 1.86 bits per heavy atom. The lowest BCUT2D eigenvalue weighted by molar-refractivity contribution is 0.0603. The van der Waals surface area contributed by atoms with Crippen LogP contribution in [0.2, 0.25) is 0 Å². The number of benzene rings is 2. The third-order valence-electron chi connectivity index (χ3n) is 4.16. The highest BCUT2D eigenvalue weighted by atomic mass is 32.2. The van der Waals surface area contributed by atoms with E-state index in [0.29, 0.717) is 10.9 Å². The largest absolute Gasteiger partial charge is 0.465 e. The normalized spacial score (nSPS) is 11.4. The molecule has 0 N–H and O–H groups in total. The fourth-order valence-electron chi connectivity index (χ4n) is 2.89. The van der Waals surface area contributed by atoms with Crippen molar-refractivity contribution in [2.45, 2.75) is 0 Å². The van der Waals surface area contributed by atoms with Crippen LogP contribution in [0.5, 0.6) is 0 Å². The number of aromatic nitrogens is 1. The Bertz CT molecular complexity index is 1170. The second kappa shape index (κ2) is 7.43. The van der Waals surface area contributed by atoms with Gasteiger partial charge in [-0.3, -0.25) is 13.7 Å². The highest BCUT2D eigenvalue weighted by Gasteiger charge is 2.24. The van der Waals surface area contributed by atoms with Crippen molar-refractivity contribution in [1.29, 1.82) is 0 Å². The summed E-state index contributed by atoms with van der Waals surface area (Å²) in [5.74, 6) is -1.85. The molecule has 146 valence electrons. The Labute approximate surface area is 161 Å². The summed E-state index contributed by atoms with van der Waals surface area (Å²) in [6.07, 6.45) is 2.24. The van der Waals surface area contributed by atoms with Crippen molar-refractivity contribution in [3.05, 3.63) is 66.1 Å². The standard InChI is InChI=1S/C19H17FN2O5S/c1-27-19(24)16-11-21(17-9-4-3-8-15(16)17)18(23)12-22(28(2,25)26)14-7-5-6-13(20)10-14/h3-11H,12H2,1-2H3. The number of rotatable bonds is 5. The van der Waals surface area contributed by atoms with Crippen LogP contribution in [0, 0.1) is 5.82 Å². The monoisotopic (exact) mass is 404 g/mol. The van der Waals surface area contributed by atoms with E-state index in [1.807, 2.05) is 0 Å². The molecular weight excluding hydrogens is 387 g/mol. The van der Waals surface area contributed by atoms with Gasteiger partial charge in [0.25, 0.3) is 5.91 Å². The number of esters is 1. The second-order valence-corrected chi connectivity index (χ2v) is 7.97. The van der Waals surface area contributed by atoms with E-state index >= 15 is 0 Å². The van der Waals surface area contributed by atoms with Crippen LogP contribution in [0.3, 0.4) is 0 Å². The van der Waals surface area contributed by atoms with Gasteiger partial charge < -0.3 is 4.74 Å². The molecule has 0 atom stereocenters. The molecule has 0 aliphatic heterocycles. The molecule has 3 rings (SSSR count). The molecule has 1 aromatic heterocycles. The van der Waals surface area contributed by atoms with E-state index in [1.54, 1.807) is 24.3 Å². The molecule has 2 aromatic carbocycles. The number of hydrogen-bond acceptors (Lipinski definition) is 5. The zero-order valence-corrected chi connectivity index (χ0v) is 15.9. The van der Waals surface area contributed by atoms with E-state index in [4.69, 9.17) is 4.74 Å². The topological polar surface area (TPSA) is 85.7 Å². The van der Waals surface area contributed by atoms with Gasteiger partial charge in [-0.2, -0.15) is 0 Å². The van der Waals surface area contributed by atoms with Crippen LogP contribution in [0.25, 0.3) is 10.9 Å².